The number of amides is 2. The maximum Gasteiger partial charge on any atom is 0.319 e. The fourth-order valence-electron chi connectivity index (χ4n) is 2.71. The van der Waals surface area contributed by atoms with Crippen LogP contribution in [-0.2, 0) is 0 Å². The molecule has 0 saturated heterocycles. The van der Waals surface area contributed by atoms with E-state index in [2.05, 4.69) is 10.6 Å². The van der Waals surface area contributed by atoms with E-state index in [9.17, 15) is 4.79 Å². The van der Waals surface area contributed by atoms with E-state index in [-0.39, 0.29) is 6.03 Å². The zero-order valence-corrected chi connectivity index (χ0v) is 12.8. The van der Waals surface area contributed by atoms with Crippen molar-refractivity contribution in [2.24, 2.45) is 5.92 Å². The van der Waals surface area contributed by atoms with E-state index < -0.39 is 0 Å². The molecular weight excluding hydrogens is 272 g/mol. The summed E-state index contributed by atoms with van der Waals surface area (Å²) in [5.74, 6) is 0.790. The van der Waals surface area contributed by atoms with Crippen molar-refractivity contribution in [1.82, 2.24) is 5.32 Å². The van der Waals surface area contributed by atoms with Crippen molar-refractivity contribution in [3.63, 3.8) is 0 Å². The molecule has 0 aliphatic heterocycles. The Bertz CT molecular complexity index is 456. The van der Waals surface area contributed by atoms with Crippen LogP contribution < -0.4 is 10.6 Å². The molecule has 20 heavy (non-hydrogen) atoms. The third-order valence-corrected chi connectivity index (χ3v) is 4.40. The van der Waals surface area contributed by atoms with Gasteiger partial charge in [-0.25, -0.2) is 4.79 Å². The van der Waals surface area contributed by atoms with Gasteiger partial charge < -0.3 is 10.6 Å². The fraction of sp³-hybridized carbons (Fsp3) is 0.562. The topological polar surface area (TPSA) is 41.1 Å². The van der Waals surface area contributed by atoms with Gasteiger partial charge in [-0.15, -0.1) is 0 Å². The smallest absolute Gasteiger partial charge is 0.319 e. The number of anilines is 1. The molecule has 1 saturated carbocycles. The summed E-state index contributed by atoms with van der Waals surface area (Å²) in [6, 6.07) is 5.39. The summed E-state index contributed by atoms with van der Waals surface area (Å²) < 4.78 is 0. The van der Waals surface area contributed by atoms with Gasteiger partial charge in [0.05, 0.1) is 0 Å². The number of hydrogen-bond donors (Lipinski definition) is 2. The normalized spacial score (nSPS) is 15.9. The standard InChI is InChI=1S/C16H23ClN2O/c1-12-7-8-14(11-15(12)17)19-16(20)18-10-9-13-5-3-2-4-6-13/h7-8,11,13H,2-6,9-10H2,1H3,(H2,18,19,20). The number of halogens is 1. The average Bonchev–Trinajstić information content (AvgIpc) is 2.44. The molecule has 0 radical (unpaired) electrons. The minimum Gasteiger partial charge on any atom is -0.338 e. The van der Waals surface area contributed by atoms with Gasteiger partial charge in [0.1, 0.15) is 0 Å². The first-order chi connectivity index (χ1) is 9.65. The second-order valence-corrected chi connectivity index (χ2v) is 6.04. The Kier molecular flexibility index (Phi) is 5.72. The van der Waals surface area contributed by atoms with Gasteiger partial charge in [0, 0.05) is 17.3 Å². The molecule has 0 heterocycles. The Hall–Kier alpha value is -1.22. The van der Waals surface area contributed by atoms with E-state index in [1.54, 1.807) is 6.07 Å². The van der Waals surface area contributed by atoms with Crippen LogP contribution in [0.25, 0.3) is 0 Å². The molecule has 110 valence electrons. The maximum absolute atomic E-state index is 11.8. The van der Waals surface area contributed by atoms with Gasteiger partial charge >= 0.3 is 6.03 Å². The highest BCUT2D eigenvalue weighted by atomic mass is 35.5. The van der Waals surface area contributed by atoms with Crippen molar-refractivity contribution in [3.8, 4) is 0 Å². The molecular formula is C16H23ClN2O. The molecule has 1 aliphatic rings. The Morgan fingerprint density at radius 1 is 1.30 bits per heavy atom. The van der Waals surface area contributed by atoms with Crippen LogP contribution in [0.15, 0.2) is 18.2 Å². The number of hydrogen-bond acceptors (Lipinski definition) is 1. The van der Waals surface area contributed by atoms with Gasteiger partial charge in [0.25, 0.3) is 0 Å². The Morgan fingerprint density at radius 3 is 2.75 bits per heavy atom. The summed E-state index contributed by atoms with van der Waals surface area (Å²) in [4.78, 5) is 11.8. The number of carbonyl (C=O) groups is 1. The Labute approximate surface area is 126 Å². The third kappa shape index (κ3) is 4.71. The third-order valence-electron chi connectivity index (χ3n) is 3.99. The molecule has 0 spiro atoms. The highest BCUT2D eigenvalue weighted by Gasteiger charge is 2.13. The SMILES string of the molecule is Cc1ccc(NC(=O)NCCC2CCCCC2)cc1Cl. The van der Waals surface area contributed by atoms with E-state index in [4.69, 9.17) is 11.6 Å². The Balaban J connectivity index is 1.70. The zero-order chi connectivity index (χ0) is 14.4. The fourth-order valence-corrected chi connectivity index (χ4v) is 2.89. The van der Waals surface area contributed by atoms with Crippen LogP contribution in [0, 0.1) is 12.8 Å². The van der Waals surface area contributed by atoms with Crippen LogP contribution in [-0.4, -0.2) is 12.6 Å². The van der Waals surface area contributed by atoms with Crippen molar-refractivity contribution in [2.45, 2.75) is 45.4 Å². The molecule has 2 rings (SSSR count). The molecule has 0 atom stereocenters. The summed E-state index contributed by atoms with van der Waals surface area (Å²) in [6.07, 6.45) is 7.78. The monoisotopic (exact) mass is 294 g/mol. The zero-order valence-electron chi connectivity index (χ0n) is 12.0. The predicted molar refractivity (Wildman–Crippen MR) is 84.4 cm³/mol. The summed E-state index contributed by atoms with van der Waals surface area (Å²) in [5, 5.41) is 6.40. The predicted octanol–water partition coefficient (Wildman–Crippen LogP) is 4.74. The van der Waals surface area contributed by atoms with Crippen molar-refractivity contribution in [2.75, 3.05) is 11.9 Å². The average molecular weight is 295 g/mol. The second-order valence-electron chi connectivity index (χ2n) is 5.64. The van der Waals surface area contributed by atoms with Crippen LogP contribution in [0.5, 0.6) is 0 Å². The largest absolute Gasteiger partial charge is 0.338 e. The lowest BCUT2D eigenvalue weighted by atomic mass is 9.87. The first kappa shape index (κ1) is 15.2. The van der Waals surface area contributed by atoms with E-state index in [0.717, 1.165) is 30.1 Å². The van der Waals surface area contributed by atoms with E-state index >= 15 is 0 Å². The van der Waals surface area contributed by atoms with Crippen LogP contribution in [0.2, 0.25) is 5.02 Å². The van der Waals surface area contributed by atoms with Crippen LogP contribution in [0.3, 0.4) is 0 Å². The van der Waals surface area contributed by atoms with Gasteiger partial charge in [-0.3, -0.25) is 0 Å². The molecule has 1 fully saturated rings. The summed E-state index contributed by atoms with van der Waals surface area (Å²) in [5.41, 5.74) is 1.74. The number of carbonyl (C=O) groups excluding carboxylic acids is 1. The molecule has 2 N–H and O–H groups in total. The van der Waals surface area contributed by atoms with Crippen LogP contribution >= 0.6 is 11.6 Å². The van der Waals surface area contributed by atoms with Gasteiger partial charge in [-0.2, -0.15) is 0 Å². The van der Waals surface area contributed by atoms with Crippen LogP contribution in [0.1, 0.15) is 44.1 Å². The van der Waals surface area contributed by atoms with E-state index in [1.165, 1.54) is 32.1 Å². The molecule has 4 heteroatoms. The maximum atomic E-state index is 11.8. The van der Waals surface area contributed by atoms with Crippen LogP contribution in [0.4, 0.5) is 10.5 Å². The number of benzene rings is 1. The number of aryl methyl sites for hydroxylation is 1. The van der Waals surface area contributed by atoms with Gasteiger partial charge in [0.15, 0.2) is 0 Å². The van der Waals surface area contributed by atoms with E-state index in [0.29, 0.717) is 5.02 Å². The summed E-state index contributed by atoms with van der Waals surface area (Å²) in [7, 11) is 0. The van der Waals surface area contributed by atoms with Crippen molar-refractivity contribution < 1.29 is 4.79 Å². The lowest BCUT2D eigenvalue weighted by molar-refractivity contribution is 0.250. The molecule has 1 aromatic carbocycles. The minimum absolute atomic E-state index is 0.152. The lowest BCUT2D eigenvalue weighted by Gasteiger charge is -2.21. The Morgan fingerprint density at radius 2 is 2.05 bits per heavy atom. The number of urea groups is 1. The van der Waals surface area contributed by atoms with Gasteiger partial charge in [-0.1, -0.05) is 49.8 Å². The van der Waals surface area contributed by atoms with Crippen molar-refractivity contribution in [1.29, 1.82) is 0 Å². The van der Waals surface area contributed by atoms with Crippen molar-refractivity contribution >= 4 is 23.3 Å². The minimum atomic E-state index is -0.152. The summed E-state index contributed by atoms with van der Waals surface area (Å²) >= 11 is 6.03. The van der Waals surface area contributed by atoms with Crippen molar-refractivity contribution in [3.05, 3.63) is 28.8 Å². The molecule has 2 amide bonds. The quantitative estimate of drug-likeness (QED) is 0.827. The number of rotatable bonds is 4. The van der Waals surface area contributed by atoms with Gasteiger partial charge in [-0.05, 0) is 37.0 Å². The lowest BCUT2D eigenvalue weighted by Crippen LogP contribution is -2.30. The number of nitrogens with one attached hydrogen (secondary N) is 2. The second kappa shape index (κ2) is 7.53. The molecule has 1 aromatic rings. The van der Waals surface area contributed by atoms with E-state index in [1.807, 2.05) is 19.1 Å². The first-order valence-corrected chi connectivity index (χ1v) is 7.84. The van der Waals surface area contributed by atoms with Gasteiger partial charge in [0.2, 0.25) is 0 Å². The molecule has 1 aliphatic carbocycles. The molecule has 0 unspecified atom stereocenters. The summed E-state index contributed by atoms with van der Waals surface area (Å²) in [6.45, 7) is 2.69. The highest BCUT2D eigenvalue weighted by molar-refractivity contribution is 6.31. The molecule has 0 bridgehead atoms. The molecule has 3 nitrogen and oxygen atoms in total. The first-order valence-electron chi connectivity index (χ1n) is 7.46. The molecule has 0 aromatic heterocycles. The highest BCUT2D eigenvalue weighted by Crippen LogP contribution is 2.25.